The van der Waals surface area contributed by atoms with E-state index in [1.54, 1.807) is 19.9 Å². The van der Waals surface area contributed by atoms with E-state index in [1.807, 2.05) is 26.0 Å². The van der Waals surface area contributed by atoms with Crippen molar-refractivity contribution in [2.24, 2.45) is 5.92 Å². The van der Waals surface area contributed by atoms with Crippen molar-refractivity contribution in [3.05, 3.63) is 24.0 Å². The van der Waals surface area contributed by atoms with Gasteiger partial charge in [-0.15, -0.1) is 0 Å². The molecule has 0 aromatic heterocycles. The Morgan fingerprint density at radius 3 is 2.33 bits per heavy atom. The first-order valence-corrected chi connectivity index (χ1v) is 12.6. The average Bonchev–Trinajstić information content (AvgIpc) is 2.66. The van der Waals surface area contributed by atoms with Gasteiger partial charge in [-0.1, -0.05) is 0 Å². The van der Waals surface area contributed by atoms with Crippen LogP contribution in [0.15, 0.2) is 18.2 Å². The first-order chi connectivity index (χ1) is 14.1. The number of hydrogen-bond donors (Lipinski definition) is 2. The molecular weight excluding hydrogens is 405 g/mol. The van der Waals surface area contributed by atoms with E-state index in [4.69, 9.17) is 4.74 Å². The van der Waals surface area contributed by atoms with Crippen LogP contribution >= 0.6 is 0 Å². The molecule has 1 aromatic rings. The molecule has 1 heterocycles. The lowest BCUT2D eigenvalue weighted by atomic mass is 9.86. The first-order valence-electron chi connectivity index (χ1n) is 11.1. The molecule has 0 bridgehead atoms. The Kier molecular flexibility index (Phi) is 7.63. The number of anilines is 2. The van der Waals surface area contributed by atoms with E-state index in [9.17, 15) is 12.8 Å². The molecule has 3 rings (SSSR count). The number of rotatable bonds is 7. The van der Waals surface area contributed by atoms with Crippen molar-refractivity contribution in [1.82, 2.24) is 4.72 Å². The lowest BCUT2D eigenvalue weighted by molar-refractivity contribution is -0.00539. The Labute approximate surface area is 180 Å². The largest absolute Gasteiger partial charge is 0.385 e. The van der Waals surface area contributed by atoms with E-state index in [0.717, 1.165) is 37.9 Å². The monoisotopic (exact) mass is 441 g/mol. The van der Waals surface area contributed by atoms with Gasteiger partial charge in [0.05, 0.1) is 23.1 Å². The fourth-order valence-electron chi connectivity index (χ4n) is 4.36. The summed E-state index contributed by atoms with van der Waals surface area (Å²) in [6, 6.07) is 5.39. The van der Waals surface area contributed by atoms with Crippen LogP contribution in [-0.2, 0) is 14.8 Å². The minimum atomic E-state index is -3.21. The fraction of sp³-hybridized carbons (Fsp3) is 0.727. The Balaban J connectivity index is 1.48. The molecule has 1 saturated carbocycles. The second kappa shape index (κ2) is 9.83. The molecule has 2 fully saturated rings. The maximum absolute atomic E-state index is 14.7. The number of morpholine rings is 1. The highest BCUT2D eigenvalue weighted by Gasteiger charge is 2.27. The molecule has 1 aromatic carbocycles. The molecule has 1 aliphatic heterocycles. The van der Waals surface area contributed by atoms with Crippen molar-refractivity contribution in [2.75, 3.05) is 29.9 Å². The third-order valence-corrected chi connectivity index (χ3v) is 8.00. The molecule has 1 saturated heterocycles. The summed E-state index contributed by atoms with van der Waals surface area (Å²) < 4.78 is 47.4. The highest BCUT2D eigenvalue weighted by Crippen LogP contribution is 2.28. The lowest BCUT2D eigenvalue weighted by Crippen LogP contribution is -2.45. The number of ether oxygens (including phenoxy) is 1. The summed E-state index contributed by atoms with van der Waals surface area (Å²) in [5, 5.41) is 2.96. The van der Waals surface area contributed by atoms with Crippen molar-refractivity contribution in [2.45, 2.75) is 76.9 Å². The summed E-state index contributed by atoms with van der Waals surface area (Å²) in [5.74, 6) is 0.251. The molecule has 0 unspecified atom stereocenters. The third-order valence-electron chi connectivity index (χ3n) is 6.10. The maximum atomic E-state index is 14.7. The second-order valence-corrected chi connectivity index (χ2v) is 11.4. The highest BCUT2D eigenvalue weighted by molar-refractivity contribution is 7.90. The van der Waals surface area contributed by atoms with Crippen LogP contribution in [0.3, 0.4) is 0 Å². The van der Waals surface area contributed by atoms with Crippen LogP contribution < -0.4 is 14.9 Å². The van der Waals surface area contributed by atoms with E-state index in [1.165, 1.54) is 0 Å². The van der Waals surface area contributed by atoms with Crippen molar-refractivity contribution in [3.63, 3.8) is 0 Å². The van der Waals surface area contributed by atoms with Crippen LogP contribution in [0.2, 0.25) is 0 Å². The molecule has 2 atom stereocenters. The summed E-state index contributed by atoms with van der Waals surface area (Å²) in [4.78, 5) is 2.05. The number of hydrogen-bond acceptors (Lipinski definition) is 5. The minimum absolute atomic E-state index is 0.0312. The topological polar surface area (TPSA) is 70.7 Å². The minimum Gasteiger partial charge on any atom is -0.385 e. The van der Waals surface area contributed by atoms with Crippen molar-refractivity contribution in [1.29, 1.82) is 0 Å². The predicted octanol–water partition coefficient (Wildman–Crippen LogP) is 3.74. The van der Waals surface area contributed by atoms with E-state index < -0.39 is 15.3 Å². The van der Waals surface area contributed by atoms with Gasteiger partial charge in [0.15, 0.2) is 0 Å². The quantitative estimate of drug-likeness (QED) is 0.675. The zero-order chi connectivity index (χ0) is 21.9. The van der Waals surface area contributed by atoms with Gasteiger partial charge >= 0.3 is 0 Å². The highest BCUT2D eigenvalue weighted by atomic mass is 32.2. The smallest absolute Gasteiger partial charge is 0.214 e. The molecule has 6 nitrogen and oxygen atoms in total. The molecule has 2 aliphatic rings. The summed E-state index contributed by atoms with van der Waals surface area (Å²) in [7, 11) is -3.21. The number of nitrogens with one attached hydrogen (secondary N) is 2. The van der Waals surface area contributed by atoms with Crippen LogP contribution in [0, 0.1) is 11.7 Å². The zero-order valence-corrected chi connectivity index (χ0v) is 19.3. The van der Waals surface area contributed by atoms with Crippen molar-refractivity contribution >= 4 is 21.4 Å². The van der Waals surface area contributed by atoms with Crippen molar-refractivity contribution < 1.29 is 17.5 Å². The van der Waals surface area contributed by atoms with E-state index in [0.29, 0.717) is 24.7 Å². The summed E-state index contributed by atoms with van der Waals surface area (Å²) >= 11 is 0. The maximum Gasteiger partial charge on any atom is 0.214 e. The number of benzene rings is 1. The molecule has 1 aliphatic carbocycles. The van der Waals surface area contributed by atoms with Gasteiger partial charge in [0.2, 0.25) is 10.0 Å². The Bertz CT molecular complexity index is 800. The lowest BCUT2D eigenvalue weighted by Gasteiger charge is -2.37. The number of nitrogens with zero attached hydrogens (tertiary/aromatic N) is 1. The van der Waals surface area contributed by atoms with E-state index in [-0.39, 0.29) is 24.1 Å². The summed E-state index contributed by atoms with van der Waals surface area (Å²) in [6.07, 6.45) is 3.79. The van der Waals surface area contributed by atoms with Gasteiger partial charge in [-0.05, 0) is 77.5 Å². The normalized spacial score (nSPS) is 28.0. The van der Waals surface area contributed by atoms with Crippen LogP contribution in [0.25, 0.3) is 0 Å². The predicted molar refractivity (Wildman–Crippen MR) is 120 cm³/mol. The molecule has 0 radical (unpaired) electrons. The fourth-order valence-corrected chi connectivity index (χ4v) is 5.34. The average molecular weight is 442 g/mol. The zero-order valence-electron chi connectivity index (χ0n) is 18.5. The second-order valence-electron chi connectivity index (χ2n) is 9.14. The van der Waals surface area contributed by atoms with Gasteiger partial charge in [-0.3, -0.25) is 0 Å². The Morgan fingerprint density at radius 1 is 1.13 bits per heavy atom. The molecule has 8 heteroatoms. The van der Waals surface area contributed by atoms with Gasteiger partial charge in [0.25, 0.3) is 0 Å². The third kappa shape index (κ3) is 6.08. The molecule has 0 spiro atoms. The van der Waals surface area contributed by atoms with Gasteiger partial charge in [0, 0.05) is 31.4 Å². The number of halogens is 1. The van der Waals surface area contributed by atoms with Gasteiger partial charge in [0.1, 0.15) is 5.82 Å². The van der Waals surface area contributed by atoms with Gasteiger partial charge in [-0.2, -0.15) is 0 Å². The van der Waals surface area contributed by atoms with Crippen LogP contribution in [-0.4, -0.2) is 51.6 Å². The van der Waals surface area contributed by atoms with Crippen LogP contribution in [0.4, 0.5) is 15.8 Å². The van der Waals surface area contributed by atoms with Crippen LogP contribution in [0.5, 0.6) is 0 Å². The van der Waals surface area contributed by atoms with E-state index >= 15 is 0 Å². The summed E-state index contributed by atoms with van der Waals surface area (Å²) in [5.41, 5.74) is 1.41. The van der Waals surface area contributed by atoms with Crippen LogP contribution in [0.1, 0.15) is 53.4 Å². The molecular formula is C22H36FN3O3S. The number of sulfonamides is 1. The van der Waals surface area contributed by atoms with Crippen molar-refractivity contribution in [3.8, 4) is 0 Å². The molecule has 2 N–H and O–H groups in total. The SMILES string of the molecule is CC(C)S(=O)(=O)N[C@H]1CC[C@H](CNc2ccc(N3C[C@@H](C)O[C@@H](C)C3)c(F)c2)CC1. The Hall–Kier alpha value is -1.38. The molecule has 0 amide bonds. The van der Waals surface area contributed by atoms with Gasteiger partial charge in [-0.25, -0.2) is 17.5 Å². The Morgan fingerprint density at radius 2 is 1.77 bits per heavy atom. The molecule has 30 heavy (non-hydrogen) atoms. The molecule has 170 valence electrons. The summed E-state index contributed by atoms with van der Waals surface area (Å²) in [6.45, 7) is 9.58. The first kappa shape index (κ1) is 23.3. The van der Waals surface area contributed by atoms with Gasteiger partial charge < -0.3 is 15.0 Å². The standard InChI is InChI=1S/C22H36FN3O3S/c1-15(2)30(27,28)25-19-7-5-18(6-8-19)12-24-20-9-10-22(21(23)11-20)26-13-16(3)29-17(4)14-26/h9-11,15-19,24-25H,5-8,12-14H2,1-4H3/t16-,17+,18-,19-. The van der Waals surface area contributed by atoms with E-state index in [2.05, 4.69) is 14.9 Å².